The molecule has 0 saturated carbocycles. The van der Waals surface area contributed by atoms with Crippen LogP contribution in [0, 0.1) is 6.92 Å². The van der Waals surface area contributed by atoms with Crippen molar-refractivity contribution in [2.24, 2.45) is 0 Å². The number of amides is 1. The van der Waals surface area contributed by atoms with E-state index in [1.807, 2.05) is 44.2 Å². The van der Waals surface area contributed by atoms with E-state index in [2.05, 4.69) is 5.32 Å². The number of anilines is 2. The molecule has 0 aliphatic carbocycles. The molecule has 0 atom stereocenters. The van der Waals surface area contributed by atoms with E-state index in [9.17, 15) is 4.79 Å². The highest BCUT2D eigenvalue weighted by atomic mass is 35.5. The Kier molecular flexibility index (Phi) is 4.86. The van der Waals surface area contributed by atoms with E-state index in [1.54, 1.807) is 24.1 Å². The second-order valence-corrected chi connectivity index (χ2v) is 5.26. The van der Waals surface area contributed by atoms with Crippen LogP contribution in [0.4, 0.5) is 11.4 Å². The minimum absolute atomic E-state index is 0.0618. The quantitative estimate of drug-likeness (QED) is 0.910. The van der Waals surface area contributed by atoms with E-state index < -0.39 is 0 Å². The van der Waals surface area contributed by atoms with Crippen LogP contribution >= 0.6 is 11.6 Å². The van der Waals surface area contributed by atoms with Gasteiger partial charge in [-0.15, -0.1) is 0 Å². The molecule has 3 nitrogen and oxygen atoms in total. The Morgan fingerprint density at radius 3 is 2.43 bits per heavy atom. The molecule has 1 amide bonds. The van der Waals surface area contributed by atoms with Crippen molar-refractivity contribution in [3.8, 4) is 0 Å². The molecular weight excluding hydrogens is 284 g/mol. The molecule has 2 rings (SSSR count). The summed E-state index contributed by atoms with van der Waals surface area (Å²) in [6.45, 7) is 4.58. The van der Waals surface area contributed by atoms with Gasteiger partial charge < -0.3 is 10.2 Å². The minimum Gasteiger partial charge on any atom is -0.387 e. The topological polar surface area (TPSA) is 32.3 Å². The summed E-state index contributed by atoms with van der Waals surface area (Å²) in [6, 6.07) is 13.2. The van der Waals surface area contributed by atoms with Crippen molar-refractivity contribution in [2.75, 3.05) is 23.8 Å². The fourth-order valence-corrected chi connectivity index (χ4v) is 2.40. The van der Waals surface area contributed by atoms with Crippen LogP contribution in [0.5, 0.6) is 0 Å². The van der Waals surface area contributed by atoms with Gasteiger partial charge >= 0.3 is 0 Å². The Hall–Kier alpha value is -2.00. The van der Waals surface area contributed by atoms with Crippen molar-refractivity contribution in [3.63, 3.8) is 0 Å². The number of nitrogens with one attached hydrogen (secondary N) is 1. The highest BCUT2D eigenvalue weighted by Crippen LogP contribution is 2.24. The van der Waals surface area contributed by atoms with Gasteiger partial charge in [-0.05, 0) is 44.2 Å². The predicted octanol–water partition coefficient (Wildman–Crippen LogP) is 4.36. The zero-order chi connectivity index (χ0) is 15.4. The van der Waals surface area contributed by atoms with E-state index in [0.717, 1.165) is 11.4 Å². The van der Waals surface area contributed by atoms with Gasteiger partial charge in [0, 0.05) is 30.0 Å². The molecule has 0 saturated heterocycles. The normalized spacial score (nSPS) is 10.3. The first-order valence-corrected chi connectivity index (χ1v) is 7.30. The third-order valence-corrected chi connectivity index (χ3v) is 3.62. The van der Waals surface area contributed by atoms with Gasteiger partial charge in [0.15, 0.2) is 0 Å². The molecule has 0 fully saturated rings. The Balaban J connectivity index is 2.41. The van der Waals surface area contributed by atoms with Gasteiger partial charge in [0.05, 0.1) is 5.56 Å². The number of hydrogen-bond acceptors (Lipinski definition) is 2. The van der Waals surface area contributed by atoms with Gasteiger partial charge in [0.25, 0.3) is 5.91 Å². The van der Waals surface area contributed by atoms with Crippen molar-refractivity contribution in [1.29, 1.82) is 0 Å². The molecule has 1 N–H and O–H groups in total. The Bertz CT molecular complexity index is 638. The van der Waals surface area contributed by atoms with E-state index in [0.29, 0.717) is 17.1 Å². The number of rotatable bonds is 4. The number of benzene rings is 2. The highest BCUT2D eigenvalue weighted by molar-refractivity contribution is 6.31. The van der Waals surface area contributed by atoms with Crippen LogP contribution in [0.3, 0.4) is 0 Å². The van der Waals surface area contributed by atoms with Gasteiger partial charge in [-0.2, -0.15) is 0 Å². The maximum absolute atomic E-state index is 12.8. The first kappa shape index (κ1) is 15.4. The molecule has 0 aromatic heterocycles. The third kappa shape index (κ3) is 3.37. The number of hydrogen-bond donors (Lipinski definition) is 1. The number of nitrogens with zero attached hydrogens (tertiary/aromatic N) is 1. The number of carbonyl (C=O) groups excluding carboxylic acids is 1. The number of carbonyl (C=O) groups is 1. The summed E-state index contributed by atoms with van der Waals surface area (Å²) in [7, 11) is 1.79. The van der Waals surface area contributed by atoms with Crippen molar-refractivity contribution in [1.82, 2.24) is 0 Å². The molecule has 0 aliphatic rings. The molecule has 0 bridgehead atoms. The van der Waals surface area contributed by atoms with Crippen molar-refractivity contribution < 1.29 is 4.79 Å². The summed E-state index contributed by atoms with van der Waals surface area (Å²) >= 11 is 6.03. The lowest BCUT2D eigenvalue weighted by Gasteiger charge is -2.22. The van der Waals surface area contributed by atoms with E-state index in [1.165, 1.54) is 5.56 Å². The molecule has 4 heteroatoms. The van der Waals surface area contributed by atoms with E-state index >= 15 is 0 Å². The molecule has 110 valence electrons. The van der Waals surface area contributed by atoms with Crippen LogP contribution in [0.25, 0.3) is 0 Å². The van der Waals surface area contributed by atoms with Crippen LogP contribution in [-0.4, -0.2) is 19.5 Å². The third-order valence-electron chi connectivity index (χ3n) is 3.39. The van der Waals surface area contributed by atoms with Crippen LogP contribution in [0.2, 0.25) is 5.02 Å². The Morgan fingerprint density at radius 2 is 1.86 bits per heavy atom. The fourth-order valence-electron chi connectivity index (χ4n) is 2.22. The van der Waals surface area contributed by atoms with Crippen LogP contribution in [0.15, 0.2) is 42.5 Å². The summed E-state index contributed by atoms with van der Waals surface area (Å²) in [6.07, 6.45) is 0. The van der Waals surface area contributed by atoms with Gasteiger partial charge in [-0.25, -0.2) is 0 Å². The van der Waals surface area contributed by atoms with E-state index in [-0.39, 0.29) is 5.91 Å². The average Bonchev–Trinajstić information content (AvgIpc) is 2.49. The molecule has 0 spiro atoms. The maximum Gasteiger partial charge on any atom is 0.260 e. The van der Waals surface area contributed by atoms with Crippen molar-refractivity contribution >= 4 is 28.9 Å². The van der Waals surface area contributed by atoms with Crippen LogP contribution in [-0.2, 0) is 0 Å². The first-order valence-electron chi connectivity index (χ1n) is 6.92. The number of aryl methyl sites for hydroxylation is 1. The smallest absolute Gasteiger partial charge is 0.260 e. The summed E-state index contributed by atoms with van der Waals surface area (Å²) in [4.78, 5) is 14.6. The second-order valence-electron chi connectivity index (χ2n) is 4.82. The lowest BCUT2D eigenvalue weighted by atomic mass is 10.1. The predicted molar refractivity (Wildman–Crippen MR) is 89.5 cm³/mol. The van der Waals surface area contributed by atoms with Gasteiger partial charge in [0.1, 0.15) is 0 Å². The van der Waals surface area contributed by atoms with Crippen molar-refractivity contribution in [2.45, 2.75) is 13.8 Å². The highest BCUT2D eigenvalue weighted by Gasteiger charge is 2.19. The monoisotopic (exact) mass is 302 g/mol. The lowest BCUT2D eigenvalue weighted by Crippen LogP contribution is -2.31. The SMILES string of the molecule is CCN(C(=O)c1cc(Cl)ccc1NC)c1ccc(C)cc1. The Labute approximate surface area is 130 Å². The second kappa shape index (κ2) is 6.64. The van der Waals surface area contributed by atoms with Crippen molar-refractivity contribution in [3.05, 3.63) is 58.6 Å². The summed E-state index contributed by atoms with van der Waals surface area (Å²) in [5.74, 6) is -0.0618. The summed E-state index contributed by atoms with van der Waals surface area (Å²) in [5.41, 5.74) is 3.40. The fraction of sp³-hybridized carbons (Fsp3) is 0.235. The zero-order valence-corrected chi connectivity index (χ0v) is 13.2. The van der Waals surface area contributed by atoms with E-state index in [4.69, 9.17) is 11.6 Å². The van der Waals surface area contributed by atoms with Gasteiger partial charge in [-0.1, -0.05) is 29.3 Å². The molecule has 2 aromatic rings. The van der Waals surface area contributed by atoms with Crippen LogP contribution < -0.4 is 10.2 Å². The molecule has 2 aromatic carbocycles. The maximum atomic E-state index is 12.8. The number of halogens is 1. The zero-order valence-electron chi connectivity index (χ0n) is 12.5. The van der Waals surface area contributed by atoms with Gasteiger partial charge in [-0.3, -0.25) is 4.79 Å². The summed E-state index contributed by atoms with van der Waals surface area (Å²) in [5, 5.41) is 3.59. The molecule has 21 heavy (non-hydrogen) atoms. The largest absolute Gasteiger partial charge is 0.387 e. The first-order chi connectivity index (χ1) is 10.1. The average molecular weight is 303 g/mol. The minimum atomic E-state index is -0.0618. The van der Waals surface area contributed by atoms with Gasteiger partial charge in [0.2, 0.25) is 0 Å². The molecule has 0 aliphatic heterocycles. The lowest BCUT2D eigenvalue weighted by molar-refractivity contribution is 0.0989. The molecule has 0 radical (unpaired) electrons. The standard InChI is InChI=1S/C17H19ClN2O/c1-4-20(14-8-5-12(2)6-9-14)17(21)15-11-13(18)7-10-16(15)19-3/h5-11,19H,4H2,1-3H3. The molecule has 0 unspecified atom stereocenters. The molecule has 0 heterocycles. The Morgan fingerprint density at radius 1 is 1.19 bits per heavy atom. The molecular formula is C17H19ClN2O. The van der Waals surface area contributed by atoms with Crippen LogP contribution in [0.1, 0.15) is 22.8 Å². The summed E-state index contributed by atoms with van der Waals surface area (Å²) < 4.78 is 0.